The van der Waals surface area contributed by atoms with E-state index < -0.39 is 0 Å². The standard InChI is InChI=1S/C24H26N4O3/c1-27(2)9-7-14-13-25-18-6-5-16(23(30)21(14)18)15-11-19-22(20(29)12-15)17(24(31)26-19)8-10-28(3)4/h5-6,11-13H,7-10H2,1-4H3,(H,26,31). The average Bonchev–Trinajstić information content (AvgIpc) is 3.25. The molecule has 0 aromatic carbocycles. The Balaban J connectivity index is 1.64. The molecule has 0 radical (unpaired) electrons. The molecule has 0 aromatic rings. The van der Waals surface area contributed by atoms with Crippen molar-refractivity contribution in [2.75, 3.05) is 41.3 Å². The number of nitrogens with one attached hydrogen (secondary N) is 1. The Labute approximate surface area is 181 Å². The lowest BCUT2D eigenvalue weighted by atomic mass is 9.84. The zero-order valence-electron chi connectivity index (χ0n) is 18.3. The summed E-state index contributed by atoms with van der Waals surface area (Å²) < 4.78 is 0. The number of carbonyl (C=O) groups is 3. The van der Waals surface area contributed by atoms with Crippen molar-refractivity contribution in [2.45, 2.75) is 12.8 Å². The quantitative estimate of drug-likeness (QED) is 0.677. The highest BCUT2D eigenvalue weighted by Gasteiger charge is 2.35. The van der Waals surface area contributed by atoms with Gasteiger partial charge in [0.15, 0.2) is 11.6 Å². The van der Waals surface area contributed by atoms with Gasteiger partial charge in [0.25, 0.3) is 5.91 Å². The molecule has 31 heavy (non-hydrogen) atoms. The highest BCUT2D eigenvalue weighted by Crippen LogP contribution is 2.36. The average molecular weight is 418 g/mol. The maximum Gasteiger partial charge on any atom is 0.252 e. The van der Waals surface area contributed by atoms with Crippen LogP contribution in [0, 0.1) is 0 Å². The molecule has 0 spiro atoms. The molecule has 7 nitrogen and oxygen atoms in total. The van der Waals surface area contributed by atoms with Crippen LogP contribution in [0.1, 0.15) is 12.8 Å². The topological polar surface area (TPSA) is 82.1 Å². The van der Waals surface area contributed by atoms with Crippen molar-refractivity contribution >= 4 is 23.7 Å². The third kappa shape index (κ3) is 3.94. The summed E-state index contributed by atoms with van der Waals surface area (Å²) in [4.78, 5) is 47.1. The van der Waals surface area contributed by atoms with E-state index in [-0.39, 0.29) is 17.5 Å². The van der Waals surface area contributed by atoms with Crippen molar-refractivity contribution in [2.24, 2.45) is 4.99 Å². The van der Waals surface area contributed by atoms with Crippen LogP contribution in [-0.2, 0) is 14.4 Å². The largest absolute Gasteiger partial charge is 0.322 e. The molecule has 4 aliphatic rings. The molecule has 160 valence electrons. The molecule has 0 saturated carbocycles. The van der Waals surface area contributed by atoms with Crippen LogP contribution >= 0.6 is 0 Å². The Bertz CT molecular complexity index is 1110. The maximum atomic E-state index is 13.3. The summed E-state index contributed by atoms with van der Waals surface area (Å²) in [6.07, 6.45) is 9.70. The smallest absolute Gasteiger partial charge is 0.252 e. The van der Waals surface area contributed by atoms with E-state index in [1.807, 2.05) is 39.2 Å². The van der Waals surface area contributed by atoms with Gasteiger partial charge in [-0.05, 0) is 76.5 Å². The van der Waals surface area contributed by atoms with Crippen LogP contribution in [0.25, 0.3) is 0 Å². The van der Waals surface area contributed by atoms with Gasteiger partial charge in [-0.2, -0.15) is 0 Å². The number of hydrogen-bond donors (Lipinski definition) is 1. The van der Waals surface area contributed by atoms with Crippen LogP contribution in [0.5, 0.6) is 0 Å². The number of Topliss-reactive ketones (excluding diaryl/α,β-unsaturated/α-hetero) is 1. The first kappa shape index (κ1) is 21.1. The number of rotatable bonds is 7. The fourth-order valence-corrected chi connectivity index (χ4v) is 4.03. The molecular formula is C24H26N4O3. The van der Waals surface area contributed by atoms with Crippen molar-refractivity contribution in [3.8, 4) is 0 Å². The first-order valence-electron chi connectivity index (χ1n) is 10.3. The van der Waals surface area contributed by atoms with Crippen LogP contribution in [-0.4, -0.2) is 74.8 Å². The maximum absolute atomic E-state index is 13.3. The normalized spacial score (nSPS) is 20.3. The van der Waals surface area contributed by atoms with Crippen molar-refractivity contribution in [1.29, 1.82) is 0 Å². The summed E-state index contributed by atoms with van der Waals surface area (Å²) in [5.41, 5.74) is 4.55. The SMILES string of the molecule is CN(C)CCC1=C2C(=O)C(C3=CC(=O)C4=C(CCN(C)C)C(=O)NC4=C3)=CC=C2N=C1. The van der Waals surface area contributed by atoms with Crippen LogP contribution in [0.4, 0.5) is 0 Å². The number of allylic oxidation sites excluding steroid dienone is 8. The van der Waals surface area contributed by atoms with Crippen LogP contribution < -0.4 is 5.32 Å². The van der Waals surface area contributed by atoms with E-state index in [9.17, 15) is 14.4 Å². The van der Waals surface area contributed by atoms with Gasteiger partial charge in [-0.3, -0.25) is 19.4 Å². The van der Waals surface area contributed by atoms with Gasteiger partial charge < -0.3 is 15.1 Å². The predicted molar refractivity (Wildman–Crippen MR) is 119 cm³/mol. The van der Waals surface area contributed by atoms with Gasteiger partial charge in [0.2, 0.25) is 0 Å². The van der Waals surface area contributed by atoms with Gasteiger partial charge in [-0.15, -0.1) is 0 Å². The van der Waals surface area contributed by atoms with Crippen molar-refractivity contribution in [1.82, 2.24) is 15.1 Å². The molecule has 0 fully saturated rings. The minimum absolute atomic E-state index is 0.135. The molecule has 0 unspecified atom stereocenters. The lowest BCUT2D eigenvalue weighted by molar-refractivity contribution is -0.116. The second kappa shape index (κ2) is 8.17. The Morgan fingerprint density at radius 1 is 0.903 bits per heavy atom. The summed E-state index contributed by atoms with van der Waals surface area (Å²) in [5.74, 6) is -0.619. The molecule has 0 saturated heterocycles. The van der Waals surface area contributed by atoms with E-state index in [0.29, 0.717) is 52.2 Å². The summed E-state index contributed by atoms with van der Waals surface area (Å²) in [6, 6.07) is 0. The number of carbonyl (C=O) groups excluding carboxylic acids is 3. The third-order valence-corrected chi connectivity index (χ3v) is 5.69. The van der Waals surface area contributed by atoms with Crippen LogP contribution in [0.15, 0.2) is 74.1 Å². The Hall–Kier alpha value is -3.16. The number of ketones is 2. The predicted octanol–water partition coefficient (Wildman–Crippen LogP) is 1.48. The van der Waals surface area contributed by atoms with Gasteiger partial charge >= 0.3 is 0 Å². The minimum Gasteiger partial charge on any atom is -0.322 e. The molecule has 0 bridgehead atoms. The van der Waals surface area contributed by atoms with Gasteiger partial charge in [0, 0.05) is 30.5 Å². The van der Waals surface area contributed by atoms with E-state index in [4.69, 9.17) is 0 Å². The van der Waals surface area contributed by atoms with E-state index in [0.717, 1.165) is 18.5 Å². The fourth-order valence-electron chi connectivity index (χ4n) is 4.03. The zero-order chi connectivity index (χ0) is 22.3. The number of amides is 1. The third-order valence-electron chi connectivity index (χ3n) is 5.69. The summed E-state index contributed by atoms with van der Waals surface area (Å²) in [6.45, 7) is 1.48. The summed E-state index contributed by atoms with van der Waals surface area (Å²) >= 11 is 0. The molecule has 1 amide bonds. The second-order valence-electron chi connectivity index (χ2n) is 8.56. The zero-order valence-corrected chi connectivity index (χ0v) is 18.3. The second-order valence-corrected chi connectivity index (χ2v) is 8.56. The number of nitrogens with zero attached hydrogens (tertiary/aromatic N) is 3. The lowest BCUT2D eigenvalue weighted by Crippen LogP contribution is -2.21. The van der Waals surface area contributed by atoms with E-state index in [2.05, 4.69) is 15.2 Å². The summed E-state index contributed by atoms with van der Waals surface area (Å²) in [5, 5.41) is 2.80. The highest BCUT2D eigenvalue weighted by molar-refractivity contribution is 6.23. The number of hydrogen-bond acceptors (Lipinski definition) is 6. The molecule has 1 N–H and O–H groups in total. The van der Waals surface area contributed by atoms with E-state index in [1.165, 1.54) is 6.08 Å². The molecule has 2 aliphatic heterocycles. The van der Waals surface area contributed by atoms with E-state index >= 15 is 0 Å². The first-order chi connectivity index (χ1) is 14.8. The van der Waals surface area contributed by atoms with Gasteiger partial charge in [0.05, 0.1) is 22.5 Å². The molecule has 2 aliphatic carbocycles. The summed E-state index contributed by atoms with van der Waals surface area (Å²) in [7, 11) is 7.82. The van der Waals surface area contributed by atoms with Crippen molar-refractivity contribution in [3.05, 3.63) is 69.1 Å². The molecule has 4 rings (SSSR count). The Morgan fingerprint density at radius 2 is 1.61 bits per heavy atom. The Morgan fingerprint density at radius 3 is 2.32 bits per heavy atom. The van der Waals surface area contributed by atoms with E-state index in [1.54, 1.807) is 18.4 Å². The van der Waals surface area contributed by atoms with Crippen molar-refractivity contribution < 1.29 is 14.4 Å². The first-order valence-corrected chi connectivity index (χ1v) is 10.3. The molecular weight excluding hydrogens is 392 g/mol. The molecule has 2 heterocycles. The molecule has 0 atom stereocenters. The van der Waals surface area contributed by atoms with Crippen LogP contribution in [0.3, 0.4) is 0 Å². The van der Waals surface area contributed by atoms with Gasteiger partial charge in [0.1, 0.15) is 0 Å². The van der Waals surface area contributed by atoms with Crippen molar-refractivity contribution in [3.63, 3.8) is 0 Å². The number of fused-ring (bicyclic) bond motifs is 2. The highest BCUT2D eigenvalue weighted by atomic mass is 16.2. The van der Waals surface area contributed by atoms with Gasteiger partial charge in [-0.1, -0.05) is 0 Å². The molecule has 0 aromatic heterocycles. The Kier molecular flexibility index (Phi) is 5.56. The van der Waals surface area contributed by atoms with Gasteiger partial charge in [-0.25, -0.2) is 0 Å². The molecule has 7 heteroatoms. The fraction of sp³-hybridized carbons (Fsp3) is 0.333. The number of aliphatic imine (C=N–C) groups is 1. The lowest BCUT2D eigenvalue weighted by Gasteiger charge is -2.18. The van der Waals surface area contributed by atoms with Crippen LogP contribution in [0.2, 0.25) is 0 Å². The minimum atomic E-state index is -0.243. The monoisotopic (exact) mass is 418 g/mol.